The van der Waals surface area contributed by atoms with Crippen LogP contribution in [0.15, 0.2) is 18.2 Å². The van der Waals surface area contributed by atoms with E-state index >= 15 is 0 Å². The summed E-state index contributed by atoms with van der Waals surface area (Å²) in [6, 6.07) is 3.92. The fraction of sp³-hybridized carbons (Fsp3) is 0.500. The van der Waals surface area contributed by atoms with Gasteiger partial charge in [-0.05, 0) is 44.8 Å². The smallest absolute Gasteiger partial charge is 0.271 e. The van der Waals surface area contributed by atoms with E-state index in [0.29, 0.717) is 5.92 Å². The molecule has 1 saturated heterocycles. The third kappa shape index (κ3) is 4.15. The molecule has 1 aliphatic rings. The number of hydrogen-bond acceptors (Lipinski definition) is 4. The van der Waals surface area contributed by atoms with E-state index in [1.807, 2.05) is 6.92 Å². The molecule has 0 aliphatic carbocycles. The maximum Gasteiger partial charge on any atom is 0.271 e. The number of carbonyl (C=O) groups excluding carboxylic acids is 1. The van der Waals surface area contributed by atoms with E-state index < -0.39 is 4.92 Å². The van der Waals surface area contributed by atoms with Gasteiger partial charge in [-0.15, -0.1) is 0 Å². The van der Waals surface area contributed by atoms with Crippen molar-refractivity contribution >= 4 is 23.2 Å². The Kier molecular flexibility index (Phi) is 5.14. The number of carbonyl (C=O) groups is 1. The summed E-state index contributed by atoms with van der Waals surface area (Å²) in [6.07, 6.45) is 2.15. The molecule has 0 saturated carbocycles. The number of rotatable bonds is 4. The van der Waals surface area contributed by atoms with Crippen molar-refractivity contribution < 1.29 is 9.72 Å². The molecule has 7 heteroatoms. The Hall–Kier alpha value is -1.66. The molecule has 0 spiro atoms. The van der Waals surface area contributed by atoms with Crippen LogP contribution in [0, 0.1) is 16.0 Å². The summed E-state index contributed by atoms with van der Waals surface area (Å²) in [6.45, 7) is 3.84. The van der Waals surface area contributed by atoms with Crippen molar-refractivity contribution in [2.24, 2.45) is 5.92 Å². The molecule has 0 bridgehead atoms. The van der Waals surface area contributed by atoms with E-state index in [1.165, 1.54) is 18.2 Å². The number of benzene rings is 1. The van der Waals surface area contributed by atoms with Crippen LogP contribution >= 0.6 is 11.6 Å². The minimum absolute atomic E-state index is 0.00309. The van der Waals surface area contributed by atoms with Gasteiger partial charge in [0.1, 0.15) is 0 Å². The second-order valence-electron chi connectivity index (χ2n) is 5.32. The molecule has 2 rings (SSSR count). The molecule has 21 heavy (non-hydrogen) atoms. The van der Waals surface area contributed by atoms with E-state index in [4.69, 9.17) is 11.6 Å². The Morgan fingerprint density at radius 3 is 2.90 bits per heavy atom. The normalized spacial score (nSPS) is 19.8. The number of halogens is 1. The third-order valence-electron chi connectivity index (χ3n) is 3.76. The van der Waals surface area contributed by atoms with Crippen LogP contribution in [0.4, 0.5) is 5.69 Å². The monoisotopic (exact) mass is 311 g/mol. The van der Waals surface area contributed by atoms with Gasteiger partial charge >= 0.3 is 0 Å². The average molecular weight is 312 g/mol. The number of nitrogens with zero attached hydrogens (tertiary/aromatic N) is 1. The van der Waals surface area contributed by atoms with Crippen molar-refractivity contribution in [1.82, 2.24) is 10.6 Å². The van der Waals surface area contributed by atoms with Crippen molar-refractivity contribution in [3.05, 3.63) is 38.9 Å². The zero-order valence-corrected chi connectivity index (χ0v) is 12.5. The lowest BCUT2D eigenvalue weighted by atomic mass is 9.92. The van der Waals surface area contributed by atoms with Crippen LogP contribution in [-0.2, 0) is 0 Å². The average Bonchev–Trinajstić information content (AvgIpc) is 2.47. The molecule has 2 atom stereocenters. The van der Waals surface area contributed by atoms with Crippen molar-refractivity contribution in [1.29, 1.82) is 0 Å². The van der Waals surface area contributed by atoms with Gasteiger partial charge in [0, 0.05) is 28.8 Å². The summed E-state index contributed by atoms with van der Waals surface area (Å²) >= 11 is 5.83. The van der Waals surface area contributed by atoms with Gasteiger partial charge in [0.2, 0.25) is 0 Å². The van der Waals surface area contributed by atoms with Crippen LogP contribution < -0.4 is 10.6 Å². The highest BCUT2D eigenvalue weighted by molar-refractivity contribution is 6.31. The first-order valence-corrected chi connectivity index (χ1v) is 7.31. The molecular weight excluding hydrogens is 294 g/mol. The number of amides is 1. The predicted molar refractivity (Wildman–Crippen MR) is 80.6 cm³/mol. The molecule has 6 nitrogen and oxygen atoms in total. The van der Waals surface area contributed by atoms with E-state index in [0.717, 1.165) is 25.9 Å². The Bertz CT molecular complexity index is 544. The summed E-state index contributed by atoms with van der Waals surface area (Å²) in [7, 11) is 0. The van der Waals surface area contributed by atoms with E-state index in [9.17, 15) is 14.9 Å². The highest BCUT2D eigenvalue weighted by atomic mass is 35.5. The van der Waals surface area contributed by atoms with Gasteiger partial charge in [-0.3, -0.25) is 14.9 Å². The predicted octanol–water partition coefficient (Wildman–Crippen LogP) is 2.37. The maximum atomic E-state index is 12.2. The first-order valence-electron chi connectivity index (χ1n) is 6.94. The Labute approximate surface area is 128 Å². The van der Waals surface area contributed by atoms with Crippen molar-refractivity contribution in [2.45, 2.75) is 25.8 Å². The van der Waals surface area contributed by atoms with E-state index in [-0.39, 0.29) is 28.2 Å². The van der Waals surface area contributed by atoms with Crippen LogP contribution in [0.2, 0.25) is 5.02 Å². The Morgan fingerprint density at radius 1 is 1.52 bits per heavy atom. The molecule has 114 valence electrons. The third-order valence-corrected chi connectivity index (χ3v) is 3.97. The number of hydrogen-bond donors (Lipinski definition) is 2. The van der Waals surface area contributed by atoms with E-state index in [1.54, 1.807) is 0 Å². The maximum absolute atomic E-state index is 12.2. The standard InChI is InChI=1S/C14H18ClN3O3/c1-9(10-3-2-4-16-8-10)17-14(19)11-5-12(15)7-13(6-11)18(20)21/h5-7,9-10,16H,2-4,8H2,1H3,(H,17,19). The Morgan fingerprint density at radius 2 is 2.29 bits per heavy atom. The molecule has 1 aromatic carbocycles. The van der Waals surface area contributed by atoms with E-state index in [2.05, 4.69) is 10.6 Å². The number of nitrogens with one attached hydrogen (secondary N) is 2. The quantitative estimate of drug-likeness (QED) is 0.660. The highest BCUT2D eigenvalue weighted by Crippen LogP contribution is 2.21. The molecule has 2 N–H and O–H groups in total. The molecule has 2 unspecified atom stereocenters. The van der Waals surface area contributed by atoms with Crippen molar-refractivity contribution in [3.63, 3.8) is 0 Å². The highest BCUT2D eigenvalue weighted by Gasteiger charge is 2.22. The summed E-state index contributed by atoms with van der Waals surface area (Å²) in [5, 5.41) is 17.2. The summed E-state index contributed by atoms with van der Waals surface area (Å²) < 4.78 is 0. The number of non-ortho nitro benzene ring substituents is 1. The van der Waals surface area contributed by atoms with Crippen LogP contribution in [0.5, 0.6) is 0 Å². The lowest BCUT2D eigenvalue weighted by Crippen LogP contribution is -2.44. The second kappa shape index (κ2) is 6.87. The fourth-order valence-corrected chi connectivity index (χ4v) is 2.75. The van der Waals surface area contributed by atoms with Gasteiger partial charge in [0.15, 0.2) is 0 Å². The summed E-state index contributed by atoms with van der Waals surface area (Å²) in [5.41, 5.74) is 0.0319. The van der Waals surface area contributed by atoms with Gasteiger partial charge < -0.3 is 10.6 Å². The number of nitro groups is 1. The van der Waals surface area contributed by atoms with Crippen molar-refractivity contribution in [3.8, 4) is 0 Å². The first kappa shape index (κ1) is 15.7. The molecule has 1 fully saturated rings. The first-order chi connectivity index (χ1) is 9.97. The zero-order chi connectivity index (χ0) is 15.4. The summed E-state index contributed by atoms with van der Waals surface area (Å²) in [4.78, 5) is 22.5. The minimum Gasteiger partial charge on any atom is -0.349 e. The molecule has 0 aromatic heterocycles. The van der Waals surface area contributed by atoms with Gasteiger partial charge in [0.25, 0.3) is 11.6 Å². The molecule has 1 aliphatic heterocycles. The largest absolute Gasteiger partial charge is 0.349 e. The molecule has 1 heterocycles. The molecule has 1 amide bonds. The number of piperidine rings is 1. The molecule has 1 aromatic rings. The molecule has 0 radical (unpaired) electrons. The summed E-state index contributed by atoms with van der Waals surface area (Å²) in [5.74, 6) is 0.0375. The fourth-order valence-electron chi connectivity index (χ4n) is 2.52. The SMILES string of the molecule is CC(NC(=O)c1cc(Cl)cc([N+](=O)[O-])c1)C1CCCNC1. The minimum atomic E-state index is -0.558. The lowest BCUT2D eigenvalue weighted by molar-refractivity contribution is -0.384. The van der Waals surface area contributed by atoms with Crippen LogP contribution in [0.1, 0.15) is 30.1 Å². The molecular formula is C14H18ClN3O3. The second-order valence-corrected chi connectivity index (χ2v) is 5.76. The topological polar surface area (TPSA) is 84.3 Å². The van der Waals surface area contributed by atoms with Crippen molar-refractivity contribution in [2.75, 3.05) is 13.1 Å². The lowest BCUT2D eigenvalue weighted by Gasteiger charge is -2.28. The number of nitro benzene ring substituents is 1. The van der Waals surface area contributed by atoms with Crippen LogP contribution in [-0.4, -0.2) is 30.0 Å². The Balaban J connectivity index is 2.07. The van der Waals surface area contributed by atoms with Gasteiger partial charge in [-0.2, -0.15) is 0 Å². The van der Waals surface area contributed by atoms with Gasteiger partial charge in [-0.25, -0.2) is 0 Å². The zero-order valence-electron chi connectivity index (χ0n) is 11.8. The van der Waals surface area contributed by atoms with Crippen LogP contribution in [0.3, 0.4) is 0 Å². The van der Waals surface area contributed by atoms with Gasteiger partial charge in [-0.1, -0.05) is 11.6 Å². The van der Waals surface area contributed by atoms with Crippen LogP contribution in [0.25, 0.3) is 0 Å². The van der Waals surface area contributed by atoms with Gasteiger partial charge in [0.05, 0.1) is 4.92 Å².